The SMILES string of the molecule is C=C(C(/C(C#N)=C(/N)CCCC)=C(C)\C(F)=C/C)c1c(F)c(C)c(/C(=N\C(=C\CCC)OCC2(CN3CC(C)(C)C3)CC2)N2C3CCC2CN(CCOC)C3)c2c1COC2.CCC. The van der Waals surface area contributed by atoms with Crippen LogP contribution in [0.2, 0.25) is 0 Å². The Hall–Kier alpha value is -3.82. The summed E-state index contributed by atoms with van der Waals surface area (Å²) in [6.07, 6.45) is 12.8. The molecular formula is C52H78F2N6O3. The number of ether oxygens (including phenoxy) is 3. The molecule has 1 aliphatic carbocycles. The molecule has 0 radical (unpaired) electrons. The molecule has 1 aromatic rings. The maximum absolute atomic E-state index is 17.7. The largest absolute Gasteiger partial charge is 0.477 e. The van der Waals surface area contributed by atoms with Gasteiger partial charge in [0.15, 0.2) is 0 Å². The molecular weight excluding hydrogens is 795 g/mol. The van der Waals surface area contributed by atoms with Gasteiger partial charge < -0.3 is 29.7 Å². The van der Waals surface area contributed by atoms with Crippen LogP contribution in [0, 0.1) is 34.9 Å². The summed E-state index contributed by atoms with van der Waals surface area (Å²) in [5.74, 6) is 0.294. The molecule has 2 atom stereocenters. The molecule has 4 heterocycles. The first kappa shape index (κ1) is 50.2. The zero-order chi connectivity index (χ0) is 46.1. The van der Waals surface area contributed by atoms with Gasteiger partial charge in [-0.3, -0.25) is 4.90 Å². The van der Waals surface area contributed by atoms with Crippen LogP contribution in [0.3, 0.4) is 0 Å². The van der Waals surface area contributed by atoms with Gasteiger partial charge in [0.2, 0.25) is 5.88 Å². The molecule has 1 saturated carbocycles. The van der Waals surface area contributed by atoms with Crippen LogP contribution >= 0.6 is 0 Å². The molecule has 0 spiro atoms. The molecule has 2 unspecified atom stereocenters. The lowest BCUT2D eigenvalue weighted by molar-refractivity contribution is 0.00133. The van der Waals surface area contributed by atoms with Crippen molar-refractivity contribution in [2.24, 2.45) is 21.6 Å². The molecule has 11 heteroatoms. The van der Waals surface area contributed by atoms with Crippen LogP contribution in [0.15, 0.2) is 57.8 Å². The Morgan fingerprint density at radius 1 is 1.05 bits per heavy atom. The second kappa shape index (κ2) is 22.4. The van der Waals surface area contributed by atoms with Gasteiger partial charge in [0.05, 0.1) is 32.0 Å². The lowest BCUT2D eigenvalue weighted by Crippen LogP contribution is -2.56. The fourth-order valence-corrected chi connectivity index (χ4v) is 9.95. The van der Waals surface area contributed by atoms with Gasteiger partial charge in [-0.15, -0.1) is 0 Å². The third-order valence-corrected chi connectivity index (χ3v) is 13.3. The predicted molar refractivity (Wildman–Crippen MR) is 253 cm³/mol. The average Bonchev–Trinajstić information content (AvgIpc) is 3.76. The van der Waals surface area contributed by atoms with Crippen molar-refractivity contribution in [3.05, 3.63) is 86.5 Å². The first-order chi connectivity index (χ1) is 30.1. The number of allylic oxidation sites excluding steroid dienone is 8. The number of amidine groups is 1. The summed E-state index contributed by atoms with van der Waals surface area (Å²) in [6, 6.07) is 2.58. The third-order valence-electron chi connectivity index (χ3n) is 13.3. The van der Waals surface area contributed by atoms with Crippen molar-refractivity contribution in [2.75, 3.05) is 59.6 Å². The van der Waals surface area contributed by atoms with Crippen molar-refractivity contribution in [1.82, 2.24) is 14.7 Å². The maximum Gasteiger partial charge on any atom is 0.211 e. The molecule has 0 aromatic heterocycles. The number of benzene rings is 1. The summed E-state index contributed by atoms with van der Waals surface area (Å²) in [5.41, 5.74) is 11.0. The summed E-state index contributed by atoms with van der Waals surface area (Å²) in [5, 5.41) is 10.5. The van der Waals surface area contributed by atoms with E-state index in [1.54, 1.807) is 27.9 Å². The predicted octanol–water partition coefficient (Wildman–Crippen LogP) is 11.0. The fourth-order valence-electron chi connectivity index (χ4n) is 9.95. The number of methoxy groups -OCH3 is 1. The van der Waals surface area contributed by atoms with Gasteiger partial charge in [-0.05, 0) is 105 Å². The molecule has 0 amide bonds. The van der Waals surface area contributed by atoms with E-state index in [1.165, 1.54) is 12.5 Å². The van der Waals surface area contributed by atoms with Crippen molar-refractivity contribution >= 4 is 11.4 Å². The first-order valence-electron chi connectivity index (χ1n) is 23.8. The van der Waals surface area contributed by atoms with Gasteiger partial charge >= 0.3 is 0 Å². The number of fused-ring (bicyclic) bond motifs is 3. The lowest BCUT2D eigenvalue weighted by Gasteiger charge is -2.47. The topological polar surface area (TPSA) is 99.6 Å². The van der Waals surface area contributed by atoms with Gasteiger partial charge in [0.25, 0.3) is 0 Å². The number of nitrogens with two attached hydrogens (primary N) is 1. The number of rotatable bonds is 19. The molecule has 4 aliphatic heterocycles. The van der Waals surface area contributed by atoms with E-state index in [0.717, 1.165) is 96.2 Å². The average molecular weight is 873 g/mol. The Bertz CT molecular complexity index is 1980. The van der Waals surface area contributed by atoms with Crippen molar-refractivity contribution in [1.29, 1.82) is 5.26 Å². The fraction of sp³-hybridized carbons (Fsp3) is 0.654. The van der Waals surface area contributed by atoms with E-state index in [9.17, 15) is 5.26 Å². The first-order valence-corrected chi connectivity index (χ1v) is 23.8. The quantitative estimate of drug-likeness (QED) is 0.0482. The number of nitrogens with zero attached hydrogens (tertiary/aromatic N) is 5. The molecule has 4 fully saturated rings. The van der Waals surface area contributed by atoms with Crippen LogP contribution < -0.4 is 5.73 Å². The van der Waals surface area contributed by atoms with Gasteiger partial charge in [0.1, 0.15) is 23.5 Å². The van der Waals surface area contributed by atoms with Crippen LogP contribution in [0.5, 0.6) is 0 Å². The zero-order valence-electron chi connectivity index (χ0n) is 40.5. The van der Waals surface area contributed by atoms with Crippen LogP contribution in [-0.2, 0) is 27.4 Å². The number of aliphatic imine (C=N–C) groups is 1. The van der Waals surface area contributed by atoms with Crippen molar-refractivity contribution in [3.8, 4) is 6.07 Å². The van der Waals surface area contributed by atoms with Crippen LogP contribution in [0.25, 0.3) is 5.57 Å². The van der Waals surface area contributed by atoms with E-state index < -0.39 is 11.6 Å². The Balaban J connectivity index is 0.00000242. The summed E-state index contributed by atoms with van der Waals surface area (Å²) in [6.45, 7) is 29.9. The molecule has 2 bridgehead atoms. The number of likely N-dealkylation sites (tertiary alicyclic amines) is 2. The van der Waals surface area contributed by atoms with E-state index in [4.69, 9.17) is 24.9 Å². The van der Waals surface area contributed by atoms with Crippen LogP contribution in [0.1, 0.15) is 147 Å². The molecule has 1 aromatic carbocycles. The van der Waals surface area contributed by atoms with Gasteiger partial charge in [-0.25, -0.2) is 8.78 Å². The highest BCUT2D eigenvalue weighted by atomic mass is 19.1. The van der Waals surface area contributed by atoms with E-state index >= 15 is 8.78 Å². The number of piperazine rings is 1. The van der Waals surface area contributed by atoms with Gasteiger partial charge in [0, 0.05) is 86.3 Å². The number of unbranched alkanes of at least 4 members (excludes halogenated alkanes) is 2. The summed E-state index contributed by atoms with van der Waals surface area (Å²) in [4.78, 5) is 13.0. The molecule has 9 nitrogen and oxygen atoms in total. The van der Waals surface area contributed by atoms with Crippen molar-refractivity contribution in [2.45, 2.75) is 152 Å². The number of halogens is 2. The van der Waals surface area contributed by atoms with Crippen LogP contribution in [0.4, 0.5) is 8.78 Å². The normalized spacial score (nSPS) is 22.7. The monoisotopic (exact) mass is 873 g/mol. The second-order valence-corrected chi connectivity index (χ2v) is 19.5. The van der Waals surface area contributed by atoms with Gasteiger partial charge in [-0.2, -0.15) is 10.3 Å². The summed E-state index contributed by atoms with van der Waals surface area (Å²) >= 11 is 0. The number of hydrogen-bond acceptors (Lipinski definition) is 8. The van der Waals surface area contributed by atoms with E-state index in [-0.39, 0.29) is 58.6 Å². The van der Waals surface area contributed by atoms with E-state index in [2.05, 4.69) is 68.0 Å². The standard InChI is InChI=1S/C49H70F2N6O3.C3H8/c1-10-13-15-41(53)37(23-52)43(32(4)40(50)12-3)33(5)44-38-26-59-27-39(38)45(34(6)46(44)51)47(57-35-17-18-36(57)25-55(24-35)21-22-58-9)54-42(16-14-11-2)60-31-49(19-20-49)30-56-28-48(7,8)29-56;1-3-2/h12,16,35-36H,5,10-11,13-15,17-22,24-31,53H2,1-4,6-9H3;3H2,1-2H3/b40-12+,41-37+,42-16-,43-32+,54-47+;. The Morgan fingerprint density at radius 2 is 1.68 bits per heavy atom. The van der Waals surface area contributed by atoms with Crippen molar-refractivity contribution in [3.63, 3.8) is 0 Å². The van der Waals surface area contributed by atoms with E-state index in [0.29, 0.717) is 59.2 Å². The van der Waals surface area contributed by atoms with Gasteiger partial charge in [-0.1, -0.05) is 73.5 Å². The molecule has 2 N–H and O–H groups in total. The summed E-state index contributed by atoms with van der Waals surface area (Å²) < 4.78 is 51.7. The molecule has 63 heavy (non-hydrogen) atoms. The third kappa shape index (κ3) is 11.7. The Labute approximate surface area is 378 Å². The number of hydrogen-bond donors (Lipinski definition) is 1. The minimum absolute atomic E-state index is 0.120. The number of nitriles is 1. The highest BCUT2D eigenvalue weighted by Gasteiger charge is 2.49. The van der Waals surface area contributed by atoms with E-state index in [1.807, 2.05) is 6.92 Å². The molecule has 3 saturated heterocycles. The lowest BCUT2D eigenvalue weighted by atomic mass is 9.82. The van der Waals surface area contributed by atoms with Crippen molar-refractivity contribution < 1.29 is 23.0 Å². The Morgan fingerprint density at radius 3 is 2.22 bits per heavy atom. The minimum atomic E-state index is -0.522. The highest BCUT2D eigenvalue weighted by Crippen LogP contribution is 2.49. The second-order valence-electron chi connectivity index (χ2n) is 19.5. The zero-order valence-corrected chi connectivity index (χ0v) is 40.5. The minimum Gasteiger partial charge on any atom is -0.477 e. The Kier molecular flexibility index (Phi) is 17.8. The smallest absolute Gasteiger partial charge is 0.211 e. The highest BCUT2D eigenvalue weighted by molar-refractivity contribution is 6.04. The maximum atomic E-state index is 17.7. The molecule has 6 rings (SSSR count). The molecule has 348 valence electrons. The molecule has 5 aliphatic rings. The summed E-state index contributed by atoms with van der Waals surface area (Å²) in [7, 11) is 1.74. The van der Waals surface area contributed by atoms with Crippen LogP contribution in [-0.4, -0.2) is 92.2 Å².